The molecular formula is C16H16N2O2. The van der Waals surface area contributed by atoms with Crippen LogP contribution in [0, 0.1) is 10.1 Å². The molecule has 1 aliphatic rings. The van der Waals surface area contributed by atoms with Crippen molar-refractivity contribution in [2.24, 2.45) is 5.73 Å². The number of nitrogens with two attached hydrogens (primary N) is 1. The van der Waals surface area contributed by atoms with Gasteiger partial charge < -0.3 is 5.73 Å². The summed E-state index contributed by atoms with van der Waals surface area (Å²) >= 11 is 0. The number of hydrogen-bond donors (Lipinski definition) is 1. The number of nitro groups is 1. The van der Waals surface area contributed by atoms with Gasteiger partial charge in [0.1, 0.15) is 0 Å². The van der Waals surface area contributed by atoms with Gasteiger partial charge in [-0.15, -0.1) is 0 Å². The molecule has 0 heterocycles. The summed E-state index contributed by atoms with van der Waals surface area (Å²) < 4.78 is 0. The van der Waals surface area contributed by atoms with Crippen molar-refractivity contribution >= 4 is 5.69 Å². The molecule has 4 heteroatoms. The van der Waals surface area contributed by atoms with E-state index >= 15 is 0 Å². The Morgan fingerprint density at radius 3 is 2.55 bits per heavy atom. The van der Waals surface area contributed by atoms with Crippen LogP contribution in [0.1, 0.15) is 22.6 Å². The Kier molecular flexibility index (Phi) is 3.24. The number of fused-ring (bicyclic) bond motifs is 1. The fourth-order valence-electron chi connectivity index (χ4n) is 2.85. The molecule has 0 amide bonds. The molecule has 0 fully saturated rings. The van der Waals surface area contributed by atoms with Gasteiger partial charge in [-0.2, -0.15) is 0 Å². The van der Waals surface area contributed by atoms with Crippen LogP contribution in [0.5, 0.6) is 0 Å². The van der Waals surface area contributed by atoms with E-state index < -0.39 is 0 Å². The fourth-order valence-corrected chi connectivity index (χ4v) is 2.85. The van der Waals surface area contributed by atoms with Crippen LogP contribution in [0.3, 0.4) is 0 Å². The number of non-ortho nitro benzene ring substituents is 1. The highest BCUT2D eigenvalue weighted by Gasteiger charge is 2.30. The predicted octanol–water partition coefficient (Wildman–Crippen LogP) is 2.80. The molecule has 0 spiro atoms. The van der Waals surface area contributed by atoms with Crippen LogP contribution in [-0.2, 0) is 12.8 Å². The second kappa shape index (κ2) is 5.06. The topological polar surface area (TPSA) is 69.2 Å². The molecule has 1 aliphatic carbocycles. The van der Waals surface area contributed by atoms with Gasteiger partial charge in [-0.25, -0.2) is 0 Å². The molecule has 2 aromatic rings. The first kappa shape index (κ1) is 12.8. The maximum Gasteiger partial charge on any atom is 0.269 e. The van der Waals surface area contributed by atoms with Crippen LogP contribution in [0.2, 0.25) is 0 Å². The monoisotopic (exact) mass is 268 g/mol. The summed E-state index contributed by atoms with van der Waals surface area (Å²) in [6, 6.07) is 15.1. The van der Waals surface area contributed by atoms with Crippen molar-refractivity contribution in [2.45, 2.75) is 24.8 Å². The number of rotatable bonds is 4. The van der Waals surface area contributed by atoms with E-state index in [9.17, 15) is 10.1 Å². The summed E-state index contributed by atoms with van der Waals surface area (Å²) in [4.78, 5) is 10.2. The quantitative estimate of drug-likeness (QED) is 0.684. The third kappa shape index (κ3) is 2.30. The van der Waals surface area contributed by atoms with Crippen LogP contribution < -0.4 is 5.73 Å². The number of nitro benzene ring substituents is 1. The second-order valence-corrected chi connectivity index (χ2v) is 5.30. The van der Waals surface area contributed by atoms with Crippen LogP contribution in [0.25, 0.3) is 0 Å². The number of nitrogens with zero attached hydrogens (tertiary/aromatic N) is 1. The molecule has 102 valence electrons. The zero-order valence-electron chi connectivity index (χ0n) is 11.0. The lowest BCUT2D eigenvalue weighted by atomic mass is 9.72. The van der Waals surface area contributed by atoms with Crippen LogP contribution >= 0.6 is 0 Å². The third-order valence-corrected chi connectivity index (χ3v) is 4.03. The molecule has 0 saturated heterocycles. The van der Waals surface area contributed by atoms with Gasteiger partial charge in [0.15, 0.2) is 0 Å². The lowest BCUT2D eigenvalue weighted by Gasteiger charge is -2.34. The summed E-state index contributed by atoms with van der Waals surface area (Å²) in [5.41, 5.74) is 10.2. The molecule has 3 rings (SSSR count). The fraction of sp³-hybridized carbons (Fsp3) is 0.250. The van der Waals surface area contributed by atoms with Gasteiger partial charge in [0.25, 0.3) is 5.69 Å². The molecule has 0 aromatic heterocycles. The maximum atomic E-state index is 10.6. The Bertz CT molecular complexity index is 637. The molecule has 20 heavy (non-hydrogen) atoms. The van der Waals surface area contributed by atoms with Crippen LogP contribution in [0.4, 0.5) is 5.69 Å². The number of benzene rings is 2. The highest BCUT2D eigenvalue weighted by molar-refractivity contribution is 5.42. The summed E-state index contributed by atoms with van der Waals surface area (Å²) in [5, 5.41) is 10.6. The van der Waals surface area contributed by atoms with Gasteiger partial charge in [-0.3, -0.25) is 10.1 Å². The van der Waals surface area contributed by atoms with Gasteiger partial charge >= 0.3 is 0 Å². The third-order valence-electron chi connectivity index (χ3n) is 4.03. The second-order valence-electron chi connectivity index (χ2n) is 5.30. The minimum Gasteiger partial charge on any atom is -0.327 e. The standard InChI is InChI=1S/C16H16N2O2/c17-16(15-10-12-3-1-2-4-14(12)15)9-11-5-7-13(8-6-11)18(19)20/h1-8,15-16H,9-10,17H2. The lowest BCUT2D eigenvalue weighted by Crippen LogP contribution is -2.37. The summed E-state index contributed by atoms with van der Waals surface area (Å²) in [5.74, 6) is 0.404. The molecule has 0 radical (unpaired) electrons. The van der Waals surface area contributed by atoms with Gasteiger partial charge in [-0.1, -0.05) is 36.4 Å². The highest BCUT2D eigenvalue weighted by atomic mass is 16.6. The smallest absolute Gasteiger partial charge is 0.269 e. The van der Waals surface area contributed by atoms with Crippen molar-refractivity contribution in [1.29, 1.82) is 0 Å². The normalized spacial score (nSPS) is 17.9. The van der Waals surface area contributed by atoms with E-state index in [-0.39, 0.29) is 16.7 Å². The van der Waals surface area contributed by atoms with Crippen molar-refractivity contribution in [2.75, 3.05) is 0 Å². The SMILES string of the molecule is NC(Cc1ccc([N+](=O)[O-])cc1)C1Cc2ccccc21. The van der Waals surface area contributed by atoms with E-state index in [1.54, 1.807) is 12.1 Å². The van der Waals surface area contributed by atoms with E-state index in [2.05, 4.69) is 18.2 Å². The van der Waals surface area contributed by atoms with Gasteiger partial charge in [-0.05, 0) is 29.5 Å². The Morgan fingerprint density at radius 2 is 1.90 bits per heavy atom. The van der Waals surface area contributed by atoms with Crippen LogP contribution in [0.15, 0.2) is 48.5 Å². The van der Waals surface area contributed by atoms with Crippen molar-refractivity contribution in [1.82, 2.24) is 0 Å². The first-order valence-corrected chi connectivity index (χ1v) is 6.72. The van der Waals surface area contributed by atoms with Crippen LogP contribution in [-0.4, -0.2) is 11.0 Å². The van der Waals surface area contributed by atoms with E-state index in [1.165, 1.54) is 23.3 Å². The van der Waals surface area contributed by atoms with Crippen molar-refractivity contribution in [3.8, 4) is 0 Å². The van der Waals surface area contributed by atoms with Gasteiger partial charge in [0.2, 0.25) is 0 Å². The van der Waals surface area contributed by atoms with E-state index in [4.69, 9.17) is 5.73 Å². The summed E-state index contributed by atoms with van der Waals surface area (Å²) in [7, 11) is 0. The molecule has 2 unspecified atom stereocenters. The highest BCUT2D eigenvalue weighted by Crippen LogP contribution is 2.37. The lowest BCUT2D eigenvalue weighted by molar-refractivity contribution is -0.384. The van der Waals surface area contributed by atoms with E-state index in [0.29, 0.717) is 5.92 Å². The molecule has 2 N–H and O–H groups in total. The molecule has 0 saturated carbocycles. The molecule has 2 atom stereocenters. The zero-order chi connectivity index (χ0) is 14.1. The Labute approximate surface area is 117 Å². The number of hydrogen-bond acceptors (Lipinski definition) is 3. The van der Waals surface area contributed by atoms with Gasteiger partial charge in [0.05, 0.1) is 4.92 Å². The summed E-state index contributed by atoms with van der Waals surface area (Å²) in [6.07, 6.45) is 1.78. The minimum atomic E-state index is -0.383. The predicted molar refractivity (Wildman–Crippen MR) is 77.7 cm³/mol. The van der Waals surface area contributed by atoms with E-state index in [1.807, 2.05) is 6.07 Å². The Balaban J connectivity index is 1.68. The largest absolute Gasteiger partial charge is 0.327 e. The average Bonchev–Trinajstić information content (AvgIpc) is 2.41. The zero-order valence-corrected chi connectivity index (χ0v) is 11.0. The molecular weight excluding hydrogens is 252 g/mol. The Morgan fingerprint density at radius 1 is 1.20 bits per heavy atom. The van der Waals surface area contributed by atoms with Crippen molar-refractivity contribution in [3.05, 3.63) is 75.3 Å². The van der Waals surface area contributed by atoms with Gasteiger partial charge in [0, 0.05) is 24.1 Å². The maximum absolute atomic E-state index is 10.6. The Hall–Kier alpha value is -2.20. The molecule has 4 nitrogen and oxygen atoms in total. The van der Waals surface area contributed by atoms with Crippen molar-refractivity contribution in [3.63, 3.8) is 0 Å². The first-order chi connectivity index (χ1) is 9.65. The van der Waals surface area contributed by atoms with E-state index in [0.717, 1.165) is 18.4 Å². The summed E-state index contributed by atoms with van der Waals surface area (Å²) in [6.45, 7) is 0. The van der Waals surface area contributed by atoms with Crippen molar-refractivity contribution < 1.29 is 4.92 Å². The first-order valence-electron chi connectivity index (χ1n) is 6.72. The average molecular weight is 268 g/mol. The molecule has 0 bridgehead atoms. The molecule has 2 aromatic carbocycles. The molecule has 0 aliphatic heterocycles. The minimum absolute atomic E-state index is 0.0614.